The molecule has 1 N–H and O–H groups in total. The van der Waals surface area contributed by atoms with Crippen LogP contribution in [-0.2, 0) is 6.42 Å². The van der Waals surface area contributed by atoms with Crippen LogP contribution in [0.4, 0.5) is 5.82 Å². The van der Waals surface area contributed by atoms with Crippen molar-refractivity contribution >= 4 is 11.5 Å². The SMILES string of the molecule is Cc1cccc(CC2(O)CCN(c3nccn4ccnc34)CC2)c1. The molecular weight excluding hydrogens is 300 g/mol. The van der Waals surface area contributed by atoms with E-state index in [0.717, 1.165) is 37.4 Å². The zero-order valence-electron chi connectivity index (χ0n) is 13.9. The van der Waals surface area contributed by atoms with E-state index in [1.807, 2.05) is 16.8 Å². The number of piperidine rings is 1. The van der Waals surface area contributed by atoms with Crippen molar-refractivity contribution in [2.75, 3.05) is 18.0 Å². The van der Waals surface area contributed by atoms with Crippen molar-refractivity contribution in [2.24, 2.45) is 0 Å². The summed E-state index contributed by atoms with van der Waals surface area (Å²) in [6.07, 6.45) is 9.62. The van der Waals surface area contributed by atoms with Gasteiger partial charge in [0.15, 0.2) is 11.5 Å². The lowest BCUT2D eigenvalue weighted by atomic mass is 9.85. The van der Waals surface area contributed by atoms with Crippen LogP contribution in [0.25, 0.3) is 5.65 Å². The van der Waals surface area contributed by atoms with Crippen LogP contribution < -0.4 is 4.90 Å². The van der Waals surface area contributed by atoms with E-state index in [2.05, 4.69) is 46.1 Å². The fourth-order valence-electron chi connectivity index (χ4n) is 3.58. The molecule has 3 aromatic rings. The molecule has 0 amide bonds. The smallest absolute Gasteiger partial charge is 0.180 e. The maximum absolute atomic E-state index is 11.0. The topological polar surface area (TPSA) is 53.7 Å². The summed E-state index contributed by atoms with van der Waals surface area (Å²) in [5.74, 6) is 0.903. The van der Waals surface area contributed by atoms with Crippen molar-refractivity contribution in [3.8, 4) is 0 Å². The van der Waals surface area contributed by atoms with E-state index in [0.29, 0.717) is 6.42 Å². The average molecular weight is 322 g/mol. The standard InChI is InChI=1S/C19H22N4O/c1-15-3-2-4-16(13-15)14-19(24)5-9-22(10-6-19)17-18-21-8-12-23(18)11-7-20-17/h2-4,7-8,11-13,24H,5-6,9-10,14H2,1H3. The molecule has 5 nitrogen and oxygen atoms in total. The van der Waals surface area contributed by atoms with Crippen LogP contribution in [0.5, 0.6) is 0 Å². The number of benzene rings is 1. The van der Waals surface area contributed by atoms with E-state index in [1.165, 1.54) is 11.1 Å². The Hall–Kier alpha value is -2.40. The maximum Gasteiger partial charge on any atom is 0.180 e. The highest BCUT2D eigenvalue weighted by Gasteiger charge is 2.33. The third kappa shape index (κ3) is 2.87. The molecule has 1 saturated heterocycles. The third-order valence-corrected chi connectivity index (χ3v) is 4.90. The Labute approximate surface area is 141 Å². The first kappa shape index (κ1) is 15.1. The molecule has 124 valence electrons. The van der Waals surface area contributed by atoms with E-state index in [1.54, 1.807) is 12.4 Å². The van der Waals surface area contributed by atoms with Crippen LogP contribution in [0.15, 0.2) is 49.1 Å². The average Bonchev–Trinajstić information content (AvgIpc) is 3.04. The molecule has 0 bridgehead atoms. The van der Waals surface area contributed by atoms with E-state index >= 15 is 0 Å². The minimum atomic E-state index is -0.634. The molecule has 0 aliphatic carbocycles. The summed E-state index contributed by atoms with van der Waals surface area (Å²) in [5, 5.41) is 11.0. The number of hydrogen-bond donors (Lipinski definition) is 1. The van der Waals surface area contributed by atoms with Crippen molar-refractivity contribution in [1.29, 1.82) is 0 Å². The molecule has 0 saturated carbocycles. The van der Waals surface area contributed by atoms with Gasteiger partial charge < -0.3 is 14.4 Å². The Kier molecular flexibility index (Phi) is 3.73. The van der Waals surface area contributed by atoms with Gasteiger partial charge in [0.05, 0.1) is 5.60 Å². The number of anilines is 1. The number of hydrogen-bond acceptors (Lipinski definition) is 4. The summed E-state index contributed by atoms with van der Waals surface area (Å²) in [4.78, 5) is 11.1. The second-order valence-electron chi connectivity index (χ2n) is 6.79. The largest absolute Gasteiger partial charge is 0.389 e. The first-order valence-corrected chi connectivity index (χ1v) is 8.44. The number of rotatable bonds is 3. The number of aromatic nitrogens is 3. The van der Waals surface area contributed by atoms with Crippen molar-refractivity contribution in [1.82, 2.24) is 14.4 Å². The second kappa shape index (κ2) is 5.91. The minimum Gasteiger partial charge on any atom is -0.389 e. The quantitative estimate of drug-likeness (QED) is 0.805. The van der Waals surface area contributed by atoms with Gasteiger partial charge in [-0.2, -0.15) is 0 Å². The number of nitrogens with zero attached hydrogens (tertiary/aromatic N) is 4. The van der Waals surface area contributed by atoms with Gasteiger partial charge in [-0.25, -0.2) is 9.97 Å². The second-order valence-corrected chi connectivity index (χ2v) is 6.79. The predicted octanol–water partition coefficient (Wildman–Crippen LogP) is 2.61. The van der Waals surface area contributed by atoms with Gasteiger partial charge in [-0.05, 0) is 25.3 Å². The summed E-state index contributed by atoms with van der Waals surface area (Å²) in [7, 11) is 0. The van der Waals surface area contributed by atoms with Crippen molar-refractivity contribution in [3.63, 3.8) is 0 Å². The fourth-order valence-corrected chi connectivity index (χ4v) is 3.58. The zero-order valence-corrected chi connectivity index (χ0v) is 13.9. The molecule has 2 aromatic heterocycles. The molecule has 0 unspecified atom stereocenters. The molecule has 1 aliphatic rings. The van der Waals surface area contributed by atoms with Gasteiger partial charge in [0.1, 0.15) is 0 Å². The molecule has 1 aliphatic heterocycles. The molecule has 4 rings (SSSR count). The van der Waals surface area contributed by atoms with Gasteiger partial charge in [0, 0.05) is 44.3 Å². The van der Waals surface area contributed by atoms with Gasteiger partial charge in [-0.1, -0.05) is 29.8 Å². The van der Waals surface area contributed by atoms with E-state index in [-0.39, 0.29) is 0 Å². The zero-order chi connectivity index (χ0) is 16.6. The summed E-state index contributed by atoms with van der Waals surface area (Å²) >= 11 is 0. The summed E-state index contributed by atoms with van der Waals surface area (Å²) in [5.41, 5.74) is 2.69. The Morgan fingerprint density at radius 2 is 1.88 bits per heavy atom. The van der Waals surface area contributed by atoms with E-state index in [9.17, 15) is 5.11 Å². The van der Waals surface area contributed by atoms with Gasteiger partial charge in [-0.15, -0.1) is 0 Å². The molecule has 5 heteroatoms. The molecule has 0 atom stereocenters. The number of imidazole rings is 1. The van der Waals surface area contributed by atoms with Crippen LogP contribution in [0.2, 0.25) is 0 Å². The van der Waals surface area contributed by atoms with Crippen LogP contribution >= 0.6 is 0 Å². The Morgan fingerprint density at radius 1 is 1.12 bits per heavy atom. The van der Waals surface area contributed by atoms with Crippen LogP contribution in [0, 0.1) is 6.92 Å². The number of fused-ring (bicyclic) bond motifs is 1. The Bertz CT molecular complexity index is 849. The first-order valence-electron chi connectivity index (χ1n) is 8.44. The molecule has 0 spiro atoms. The molecular formula is C19H22N4O. The molecule has 1 fully saturated rings. The molecule has 1 aromatic carbocycles. The highest BCUT2D eigenvalue weighted by Crippen LogP contribution is 2.29. The third-order valence-electron chi connectivity index (χ3n) is 4.90. The van der Waals surface area contributed by atoms with Gasteiger partial charge >= 0.3 is 0 Å². The molecule has 0 radical (unpaired) electrons. The summed E-state index contributed by atoms with van der Waals surface area (Å²) in [6.45, 7) is 3.68. The van der Waals surface area contributed by atoms with Crippen LogP contribution in [0.3, 0.4) is 0 Å². The summed E-state index contributed by atoms with van der Waals surface area (Å²) < 4.78 is 1.98. The van der Waals surface area contributed by atoms with Crippen molar-refractivity contribution in [3.05, 3.63) is 60.2 Å². The molecule has 24 heavy (non-hydrogen) atoms. The highest BCUT2D eigenvalue weighted by molar-refractivity contribution is 5.64. The lowest BCUT2D eigenvalue weighted by Gasteiger charge is -2.39. The number of aryl methyl sites for hydroxylation is 1. The van der Waals surface area contributed by atoms with Crippen molar-refractivity contribution < 1.29 is 5.11 Å². The summed E-state index contributed by atoms with van der Waals surface area (Å²) in [6, 6.07) is 8.42. The van der Waals surface area contributed by atoms with E-state index < -0.39 is 5.60 Å². The first-order chi connectivity index (χ1) is 11.6. The monoisotopic (exact) mass is 322 g/mol. The normalized spacial score (nSPS) is 17.3. The van der Waals surface area contributed by atoms with Crippen molar-refractivity contribution in [2.45, 2.75) is 31.8 Å². The maximum atomic E-state index is 11.0. The number of aliphatic hydroxyl groups is 1. The van der Waals surface area contributed by atoms with Gasteiger partial charge in [0.25, 0.3) is 0 Å². The minimum absolute atomic E-state index is 0.634. The lowest BCUT2D eigenvalue weighted by molar-refractivity contribution is 0.0164. The van der Waals surface area contributed by atoms with Gasteiger partial charge in [-0.3, -0.25) is 0 Å². The predicted molar refractivity (Wildman–Crippen MR) is 94.3 cm³/mol. The van der Waals surface area contributed by atoms with Crippen LogP contribution in [-0.4, -0.2) is 38.2 Å². The Morgan fingerprint density at radius 3 is 2.62 bits per heavy atom. The molecule has 3 heterocycles. The van der Waals surface area contributed by atoms with E-state index in [4.69, 9.17) is 0 Å². The lowest BCUT2D eigenvalue weighted by Crippen LogP contribution is -2.46. The fraction of sp³-hybridized carbons (Fsp3) is 0.368. The highest BCUT2D eigenvalue weighted by atomic mass is 16.3. The van der Waals surface area contributed by atoms with Gasteiger partial charge in [0.2, 0.25) is 0 Å². The van der Waals surface area contributed by atoms with Crippen LogP contribution in [0.1, 0.15) is 24.0 Å². The Balaban J connectivity index is 1.49.